The third-order valence-corrected chi connectivity index (χ3v) is 11.0. The van der Waals surface area contributed by atoms with Crippen LogP contribution in [0.1, 0.15) is 81.3 Å². The first-order chi connectivity index (χ1) is 20.2. The van der Waals surface area contributed by atoms with E-state index in [2.05, 4.69) is 74.9 Å². The molecule has 3 fully saturated rings. The minimum Gasteiger partial charge on any atom is -0.337 e. The van der Waals surface area contributed by atoms with Crippen molar-refractivity contribution in [3.63, 3.8) is 0 Å². The van der Waals surface area contributed by atoms with Gasteiger partial charge in [-0.15, -0.1) is 0 Å². The fraction of sp³-hybridized carbons (Fsp3) is 0.647. The van der Waals surface area contributed by atoms with Crippen LogP contribution >= 0.6 is 27.5 Å². The number of piperazine rings is 1. The number of carbonyl (C=O) groups excluding carboxylic acids is 1. The summed E-state index contributed by atoms with van der Waals surface area (Å²) >= 11 is 10.1. The number of piperidine rings is 2. The van der Waals surface area contributed by atoms with E-state index in [-0.39, 0.29) is 17.5 Å². The molecular formula is C34H47BrClN5O. The molecule has 1 N–H and O–H groups in total. The molecule has 2 atom stereocenters. The Labute approximate surface area is 265 Å². The first-order valence-electron chi connectivity index (χ1n) is 16.1. The third-order valence-electron chi connectivity index (χ3n) is 10.3. The Morgan fingerprint density at radius 2 is 1.74 bits per heavy atom. The average molecular weight is 657 g/mol. The van der Waals surface area contributed by atoms with Gasteiger partial charge in [0.1, 0.15) is 0 Å². The first-order valence-corrected chi connectivity index (χ1v) is 17.3. The summed E-state index contributed by atoms with van der Waals surface area (Å²) in [6.45, 7) is 13.9. The zero-order chi connectivity index (χ0) is 29.4. The first kappa shape index (κ1) is 30.5. The van der Waals surface area contributed by atoms with E-state index in [1.54, 1.807) is 0 Å². The molecule has 0 bridgehead atoms. The van der Waals surface area contributed by atoms with Gasteiger partial charge in [-0.05, 0) is 114 Å². The number of likely N-dealkylation sites (tertiary alicyclic amines) is 1. The zero-order valence-electron chi connectivity index (χ0n) is 25.5. The summed E-state index contributed by atoms with van der Waals surface area (Å²) in [6.07, 6.45) is 9.18. The molecular weight excluding hydrogens is 610 g/mol. The van der Waals surface area contributed by atoms with Gasteiger partial charge in [-0.2, -0.15) is 0 Å². The van der Waals surface area contributed by atoms with Crippen LogP contribution in [0.4, 0.5) is 0 Å². The molecule has 6 rings (SSSR count). The predicted molar refractivity (Wildman–Crippen MR) is 174 cm³/mol. The summed E-state index contributed by atoms with van der Waals surface area (Å²) in [5.74, 6) is 0.911. The van der Waals surface area contributed by atoms with Gasteiger partial charge in [0.05, 0.1) is 11.7 Å². The number of nitrogens with zero attached hydrogens (tertiary/aromatic N) is 4. The van der Waals surface area contributed by atoms with Crippen molar-refractivity contribution in [2.45, 2.75) is 83.8 Å². The molecule has 1 aromatic heterocycles. The number of hydrogen-bond acceptors (Lipinski definition) is 5. The molecule has 8 heteroatoms. The topological polar surface area (TPSA) is 51.7 Å². The second-order valence-electron chi connectivity index (χ2n) is 14.1. The van der Waals surface area contributed by atoms with Crippen LogP contribution in [0.15, 0.2) is 34.9 Å². The Bertz CT molecular complexity index is 1210. The zero-order valence-corrected chi connectivity index (χ0v) is 27.9. The SMILES string of the molecule is CC(C)(C)[C@H]1CN(C2CCN(C3c4ccc(Cl)cc4CCc4cc(Br)cnc43)CC2)CCN1C(=O)CC1CCNCC1. The minimum absolute atomic E-state index is 0.0537. The van der Waals surface area contributed by atoms with Crippen LogP contribution in [-0.2, 0) is 17.6 Å². The highest BCUT2D eigenvalue weighted by atomic mass is 79.9. The second-order valence-corrected chi connectivity index (χ2v) is 15.4. The lowest BCUT2D eigenvalue weighted by Gasteiger charge is -2.51. The molecule has 1 unspecified atom stereocenters. The molecule has 0 radical (unpaired) electrons. The lowest BCUT2D eigenvalue weighted by Crippen LogP contribution is -2.62. The van der Waals surface area contributed by atoms with Gasteiger partial charge in [-0.1, -0.05) is 38.4 Å². The lowest BCUT2D eigenvalue weighted by atomic mass is 9.82. The Kier molecular flexibility index (Phi) is 9.33. The van der Waals surface area contributed by atoms with Crippen molar-refractivity contribution in [1.82, 2.24) is 25.0 Å². The Morgan fingerprint density at radius 1 is 1.00 bits per heavy atom. The van der Waals surface area contributed by atoms with E-state index in [0.717, 1.165) is 93.8 Å². The van der Waals surface area contributed by atoms with Gasteiger partial charge in [0.2, 0.25) is 5.91 Å². The third kappa shape index (κ3) is 6.61. The fourth-order valence-corrected chi connectivity index (χ4v) is 8.49. The molecule has 0 spiro atoms. The number of benzene rings is 1. The molecule has 3 saturated heterocycles. The Hall–Kier alpha value is -1.51. The normalized spacial score (nSPS) is 25.1. The van der Waals surface area contributed by atoms with Crippen molar-refractivity contribution in [3.05, 3.63) is 62.3 Å². The van der Waals surface area contributed by atoms with Crippen LogP contribution in [0.3, 0.4) is 0 Å². The number of halogens is 2. The largest absolute Gasteiger partial charge is 0.337 e. The minimum atomic E-state index is 0.0537. The summed E-state index contributed by atoms with van der Waals surface area (Å²) in [6, 6.07) is 9.68. The van der Waals surface area contributed by atoms with Gasteiger partial charge in [-0.3, -0.25) is 19.6 Å². The van der Waals surface area contributed by atoms with Gasteiger partial charge in [0.15, 0.2) is 0 Å². The van der Waals surface area contributed by atoms with E-state index in [1.807, 2.05) is 12.3 Å². The summed E-state index contributed by atoms with van der Waals surface area (Å²) in [4.78, 5) is 26.2. The monoisotopic (exact) mass is 655 g/mol. The summed E-state index contributed by atoms with van der Waals surface area (Å²) < 4.78 is 1.05. The Morgan fingerprint density at radius 3 is 2.48 bits per heavy atom. The maximum Gasteiger partial charge on any atom is 0.223 e. The number of fused-ring (bicyclic) bond motifs is 2. The molecule has 2 aromatic rings. The number of pyridine rings is 1. The van der Waals surface area contributed by atoms with Gasteiger partial charge < -0.3 is 10.2 Å². The molecule has 0 saturated carbocycles. The molecule has 1 amide bonds. The smallest absolute Gasteiger partial charge is 0.223 e. The van der Waals surface area contributed by atoms with Crippen molar-refractivity contribution in [2.75, 3.05) is 45.8 Å². The van der Waals surface area contributed by atoms with Crippen LogP contribution in [0.5, 0.6) is 0 Å². The highest BCUT2D eigenvalue weighted by molar-refractivity contribution is 9.10. The summed E-state index contributed by atoms with van der Waals surface area (Å²) in [7, 11) is 0. The molecule has 1 aliphatic carbocycles. The van der Waals surface area contributed by atoms with Crippen LogP contribution in [0, 0.1) is 11.3 Å². The highest BCUT2D eigenvalue weighted by Crippen LogP contribution is 2.39. The number of aryl methyl sites for hydroxylation is 2. The second kappa shape index (κ2) is 12.8. The van der Waals surface area contributed by atoms with Gasteiger partial charge >= 0.3 is 0 Å². The van der Waals surface area contributed by atoms with E-state index in [9.17, 15) is 4.79 Å². The number of carbonyl (C=O) groups is 1. The molecule has 6 nitrogen and oxygen atoms in total. The van der Waals surface area contributed by atoms with Crippen LogP contribution in [0.25, 0.3) is 0 Å². The maximum absolute atomic E-state index is 13.6. The standard InChI is InChI=1S/C34H47BrClN5O/c1-34(2,3)30-22-40(16-17-41(30)31(42)18-23-8-12-37-13-9-23)28-10-14-39(15-11-28)33-29-7-6-27(36)20-24(29)4-5-25-19-26(35)21-38-32(25)33/h6-7,19-21,23,28,30,33,37H,4-5,8-18,22H2,1-3H3/t30-,33?/m1/s1. The van der Waals surface area contributed by atoms with Crippen molar-refractivity contribution >= 4 is 33.4 Å². The molecule has 228 valence electrons. The van der Waals surface area contributed by atoms with Crippen molar-refractivity contribution in [3.8, 4) is 0 Å². The average Bonchev–Trinajstić information content (AvgIpc) is 3.13. The van der Waals surface area contributed by atoms with Crippen molar-refractivity contribution < 1.29 is 4.79 Å². The van der Waals surface area contributed by atoms with Crippen LogP contribution in [-0.4, -0.2) is 83.5 Å². The number of rotatable bonds is 4. The number of aromatic nitrogens is 1. The molecule has 1 aromatic carbocycles. The molecule has 4 aliphatic rings. The highest BCUT2D eigenvalue weighted by Gasteiger charge is 2.41. The summed E-state index contributed by atoms with van der Waals surface area (Å²) in [5.41, 5.74) is 5.30. The maximum atomic E-state index is 13.6. The number of hydrogen-bond donors (Lipinski definition) is 1. The van der Waals surface area contributed by atoms with Crippen molar-refractivity contribution in [2.24, 2.45) is 11.3 Å². The van der Waals surface area contributed by atoms with Gasteiger partial charge in [0.25, 0.3) is 0 Å². The predicted octanol–water partition coefficient (Wildman–Crippen LogP) is 6.10. The molecule has 42 heavy (non-hydrogen) atoms. The Balaban J connectivity index is 1.15. The summed E-state index contributed by atoms with van der Waals surface area (Å²) in [5, 5.41) is 4.25. The van der Waals surface area contributed by atoms with E-state index >= 15 is 0 Å². The molecule has 3 aliphatic heterocycles. The van der Waals surface area contributed by atoms with E-state index in [0.29, 0.717) is 24.3 Å². The fourth-order valence-electron chi connectivity index (χ4n) is 7.92. The number of amides is 1. The van der Waals surface area contributed by atoms with E-state index in [4.69, 9.17) is 16.6 Å². The van der Waals surface area contributed by atoms with Crippen molar-refractivity contribution in [1.29, 1.82) is 0 Å². The molecule has 4 heterocycles. The van der Waals surface area contributed by atoms with E-state index < -0.39 is 0 Å². The number of nitrogens with one attached hydrogen (secondary N) is 1. The van der Waals surface area contributed by atoms with Gasteiger partial charge in [-0.25, -0.2) is 0 Å². The van der Waals surface area contributed by atoms with Crippen LogP contribution < -0.4 is 5.32 Å². The van der Waals surface area contributed by atoms with Gasteiger partial charge in [0, 0.05) is 66.9 Å². The van der Waals surface area contributed by atoms with Crippen LogP contribution in [0.2, 0.25) is 5.02 Å². The lowest BCUT2D eigenvalue weighted by molar-refractivity contribution is -0.142. The quantitative estimate of drug-likeness (QED) is 0.431. The van der Waals surface area contributed by atoms with E-state index in [1.165, 1.54) is 22.4 Å².